The third-order valence-corrected chi connectivity index (χ3v) is 2.93. The Bertz CT molecular complexity index is 403. The van der Waals surface area contributed by atoms with E-state index in [0.717, 1.165) is 5.56 Å². The van der Waals surface area contributed by atoms with E-state index in [4.69, 9.17) is 0 Å². The van der Waals surface area contributed by atoms with Crippen LogP contribution in [0.3, 0.4) is 0 Å². The van der Waals surface area contributed by atoms with E-state index < -0.39 is 0 Å². The van der Waals surface area contributed by atoms with Gasteiger partial charge in [0.05, 0.1) is 19.4 Å². The predicted octanol–water partition coefficient (Wildman–Crippen LogP) is 1.81. The summed E-state index contributed by atoms with van der Waals surface area (Å²) >= 11 is 0. The maximum Gasteiger partial charge on any atom is 0.307 e. The van der Waals surface area contributed by atoms with Gasteiger partial charge in [-0.25, -0.2) is 0 Å². The van der Waals surface area contributed by atoms with Gasteiger partial charge in [0.2, 0.25) is 5.91 Å². The van der Waals surface area contributed by atoms with Gasteiger partial charge in [0.1, 0.15) is 0 Å². The van der Waals surface area contributed by atoms with Gasteiger partial charge >= 0.3 is 5.97 Å². The van der Waals surface area contributed by atoms with Crippen molar-refractivity contribution in [3.8, 4) is 0 Å². The van der Waals surface area contributed by atoms with Crippen LogP contribution in [0, 0.1) is 0 Å². The number of hydrogen-bond acceptors (Lipinski definition) is 3. The van der Waals surface area contributed by atoms with Crippen molar-refractivity contribution in [2.75, 3.05) is 20.7 Å². The van der Waals surface area contributed by atoms with Crippen molar-refractivity contribution in [3.05, 3.63) is 35.9 Å². The van der Waals surface area contributed by atoms with Crippen LogP contribution in [-0.4, -0.2) is 37.5 Å². The zero-order valence-electron chi connectivity index (χ0n) is 11.1. The van der Waals surface area contributed by atoms with Crippen molar-refractivity contribution in [1.82, 2.24) is 4.90 Å². The van der Waals surface area contributed by atoms with Crippen molar-refractivity contribution >= 4 is 11.9 Å². The number of esters is 1. The topological polar surface area (TPSA) is 46.6 Å². The summed E-state index contributed by atoms with van der Waals surface area (Å²) in [6.07, 6.45) is 0.222. The van der Waals surface area contributed by atoms with Crippen LogP contribution in [-0.2, 0) is 14.3 Å². The fraction of sp³-hybridized carbons (Fsp3) is 0.429. The fourth-order valence-electron chi connectivity index (χ4n) is 1.69. The number of ether oxygens (including phenoxy) is 1. The lowest BCUT2D eigenvalue weighted by molar-refractivity contribution is -0.141. The summed E-state index contributed by atoms with van der Waals surface area (Å²) in [7, 11) is 3.04. The molecule has 1 rings (SSSR count). The minimum atomic E-state index is -0.304. The summed E-state index contributed by atoms with van der Waals surface area (Å²) in [4.78, 5) is 24.7. The Kier molecular flexibility index (Phi) is 5.36. The summed E-state index contributed by atoms with van der Waals surface area (Å²) in [5.74, 6) is -0.499. The van der Waals surface area contributed by atoms with Crippen LogP contribution in [0.25, 0.3) is 0 Å². The highest BCUT2D eigenvalue weighted by molar-refractivity contribution is 5.83. The van der Waals surface area contributed by atoms with Gasteiger partial charge in [-0.05, 0) is 12.5 Å². The van der Waals surface area contributed by atoms with Gasteiger partial charge in [-0.15, -0.1) is 0 Å². The van der Waals surface area contributed by atoms with Gasteiger partial charge in [0.25, 0.3) is 0 Å². The first-order valence-corrected chi connectivity index (χ1v) is 5.93. The molecule has 98 valence electrons. The van der Waals surface area contributed by atoms with Gasteiger partial charge < -0.3 is 9.64 Å². The summed E-state index contributed by atoms with van der Waals surface area (Å²) in [5.41, 5.74) is 0.979. The van der Waals surface area contributed by atoms with Crippen LogP contribution in [0.5, 0.6) is 0 Å². The third kappa shape index (κ3) is 3.87. The van der Waals surface area contributed by atoms with E-state index in [1.807, 2.05) is 37.3 Å². The quantitative estimate of drug-likeness (QED) is 0.748. The Balaban J connectivity index is 2.56. The minimum Gasteiger partial charge on any atom is -0.469 e. The fourth-order valence-corrected chi connectivity index (χ4v) is 1.69. The molecule has 1 aromatic carbocycles. The molecule has 4 nitrogen and oxygen atoms in total. The molecule has 0 bridgehead atoms. The molecule has 0 aliphatic heterocycles. The molecule has 0 heterocycles. The molecule has 0 fully saturated rings. The van der Waals surface area contributed by atoms with E-state index in [9.17, 15) is 9.59 Å². The van der Waals surface area contributed by atoms with Crippen LogP contribution >= 0.6 is 0 Å². The summed E-state index contributed by atoms with van der Waals surface area (Å²) < 4.78 is 4.55. The maximum atomic E-state index is 12.1. The highest BCUT2D eigenvalue weighted by Crippen LogP contribution is 2.16. The van der Waals surface area contributed by atoms with Crippen molar-refractivity contribution in [1.29, 1.82) is 0 Å². The smallest absolute Gasteiger partial charge is 0.307 e. The molecule has 0 aliphatic rings. The molecule has 1 amide bonds. The van der Waals surface area contributed by atoms with E-state index in [0.29, 0.717) is 6.54 Å². The number of hydrogen-bond donors (Lipinski definition) is 0. The molecule has 0 saturated heterocycles. The molecular formula is C14H19NO3. The van der Waals surface area contributed by atoms with Crippen molar-refractivity contribution in [2.45, 2.75) is 19.3 Å². The minimum absolute atomic E-state index is 0.00473. The Morgan fingerprint density at radius 1 is 1.28 bits per heavy atom. The van der Waals surface area contributed by atoms with E-state index in [1.54, 1.807) is 11.9 Å². The standard InChI is InChI=1S/C14H19NO3/c1-11(12-7-5-4-6-8-12)14(17)15(2)10-9-13(16)18-3/h4-8,11H,9-10H2,1-3H3. The predicted molar refractivity (Wildman–Crippen MR) is 69.1 cm³/mol. The summed E-state index contributed by atoms with van der Waals surface area (Å²) in [6, 6.07) is 9.59. The largest absolute Gasteiger partial charge is 0.469 e. The Morgan fingerprint density at radius 2 is 1.89 bits per heavy atom. The second-order valence-corrected chi connectivity index (χ2v) is 4.22. The molecule has 0 N–H and O–H groups in total. The molecule has 0 spiro atoms. The summed E-state index contributed by atoms with van der Waals surface area (Å²) in [5, 5.41) is 0. The van der Waals surface area contributed by atoms with Crippen LogP contribution in [0.2, 0.25) is 0 Å². The van der Waals surface area contributed by atoms with Gasteiger partial charge in [0, 0.05) is 13.6 Å². The van der Waals surface area contributed by atoms with Gasteiger partial charge in [-0.1, -0.05) is 30.3 Å². The Hall–Kier alpha value is -1.84. The van der Waals surface area contributed by atoms with E-state index in [1.165, 1.54) is 7.11 Å². The Labute approximate surface area is 108 Å². The van der Waals surface area contributed by atoms with Crippen LogP contribution in [0.1, 0.15) is 24.8 Å². The second-order valence-electron chi connectivity index (χ2n) is 4.22. The SMILES string of the molecule is COC(=O)CCN(C)C(=O)C(C)c1ccccc1. The normalized spacial score (nSPS) is 11.7. The molecule has 18 heavy (non-hydrogen) atoms. The number of likely N-dealkylation sites (N-methyl/N-ethyl adjacent to an activating group) is 1. The third-order valence-electron chi connectivity index (χ3n) is 2.93. The number of methoxy groups -OCH3 is 1. The molecule has 0 radical (unpaired) electrons. The first-order chi connectivity index (χ1) is 8.56. The zero-order chi connectivity index (χ0) is 13.5. The van der Waals surface area contributed by atoms with Crippen molar-refractivity contribution in [2.24, 2.45) is 0 Å². The molecule has 4 heteroatoms. The average molecular weight is 249 g/mol. The monoisotopic (exact) mass is 249 g/mol. The molecule has 0 saturated carbocycles. The number of rotatable bonds is 5. The van der Waals surface area contributed by atoms with E-state index in [2.05, 4.69) is 4.74 Å². The number of carbonyl (C=O) groups is 2. The number of benzene rings is 1. The maximum absolute atomic E-state index is 12.1. The van der Waals surface area contributed by atoms with Crippen LogP contribution in [0.4, 0.5) is 0 Å². The van der Waals surface area contributed by atoms with Crippen LogP contribution < -0.4 is 0 Å². The number of amides is 1. The lowest BCUT2D eigenvalue weighted by atomic mass is 10.00. The van der Waals surface area contributed by atoms with Crippen molar-refractivity contribution in [3.63, 3.8) is 0 Å². The van der Waals surface area contributed by atoms with Gasteiger partial charge in [-0.2, -0.15) is 0 Å². The molecule has 1 unspecified atom stereocenters. The Morgan fingerprint density at radius 3 is 2.44 bits per heavy atom. The van der Waals surface area contributed by atoms with Crippen molar-refractivity contribution < 1.29 is 14.3 Å². The number of carbonyl (C=O) groups excluding carboxylic acids is 2. The molecule has 0 aliphatic carbocycles. The lowest BCUT2D eigenvalue weighted by Crippen LogP contribution is -2.32. The summed E-state index contributed by atoms with van der Waals surface area (Å²) in [6.45, 7) is 2.25. The first-order valence-electron chi connectivity index (χ1n) is 5.93. The zero-order valence-corrected chi connectivity index (χ0v) is 11.1. The molecule has 1 aromatic rings. The van der Waals surface area contributed by atoms with Gasteiger partial charge in [-0.3, -0.25) is 9.59 Å². The number of nitrogens with zero attached hydrogens (tertiary/aromatic N) is 1. The first kappa shape index (κ1) is 14.2. The second kappa shape index (κ2) is 6.79. The average Bonchev–Trinajstić information content (AvgIpc) is 2.43. The van der Waals surface area contributed by atoms with E-state index in [-0.39, 0.29) is 24.2 Å². The highest BCUT2D eigenvalue weighted by Gasteiger charge is 2.19. The molecule has 0 aromatic heterocycles. The lowest BCUT2D eigenvalue weighted by Gasteiger charge is -2.21. The molecule has 1 atom stereocenters. The van der Waals surface area contributed by atoms with Gasteiger partial charge in [0.15, 0.2) is 0 Å². The van der Waals surface area contributed by atoms with Crippen LogP contribution in [0.15, 0.2) is 30.3 Å². The van der Waals surface area contributed by atoms with E-state index >= 15 is 0 Å². The highest BCUT2D eigenvalue weighted by atomic mass is 16.5. The molecular weight excluding hydrogens is 230 g/mol.